The molecule has 168 valence electrons. The van der Waals surface area contributed by atoms with E-state index in [1.54, 1.807) is 6.07 Å². The van der Waals surface area contributed by atoms with Crippen molar-refractivity contribution in [1.82, 2.24) is 15.1 Å². The fourth-order valence-corrected chi connectivity index (χ4v) is 7.58. The molecule has 1 aliphatic rings. The Bertz CT molecular complexity index is 1220. The van der Waals surface area contributed by atoms with Gasteiger partial charge in [0.2, 0.25) is 0 Å². The molecule has 1 saturated heterocycles. The van der Waals surface area contributed by atoms with Crippen molar-refractivity contribution < 1.29 is 13.2 Å². The van der Waals surface area contributed by atoms with Gasteiger partial charge in [-0.2, -0.15) is 5.10 Å². The minimum absolute atomic E-state index is 0.00495. The van der Waals surface area contributed by atoms with Crippen LogP contribution in [-0.4, -0.2) is 40.9 Å². The van der Waals surface area contributed by atoms with E-state index in [1.807, 2.05) is 54.9 Å². The quantitative estimate of drug-likeness (QED) is 0.570. The van der Waals surface area contributed by atoms with Crippen molar-refractivity contribution in [2.24, 2.45) is 0 Å². The fraction of sp³-hybridized carbons (Fsp3) is 0.333. The molecular weight excluding hydrogens is 442 g/mol. The lowest BCUT2D eigenvalue weighted by molar-refractivity contribution is 0.0948. The molecule has 4 rings (SSSR count). The number of nitrogens with zero attached hydrogens (tertiary/aromatic N) is 2. The number of thioether (sulfide) groups is 1. The van der Waals surface area contributed by atoms with Crippen molar-refractivity contribution in [1.29, 1.82) is 0 Å². The molecule has 0 saturated carbocycles. The molecule has 1 aliphatic heterocycles. The molecule has 3 aromatic rings. The van der Waals surface area contributed by atoms with Crippen LogP contribution in [0.15, 0.2) is 59.5 Å². The third-order valence-corrected chi connectivity index (χ3v) is 9.07. The number of hydrogen-bond donors (Lipinski definition) is 1. The van der Waals surface area contributed by atoms with Gasteiger partial charge in [0.15, 0.2) is 9.84 Å². The maximum absolute atomic E-state index is 13.0. The van der Waals surface area contributed by atoms with Gasteiger partial charge in [0.25, 0.3) is 5.91 Å². The number of amides is 1. The Kier molecular flexibility index (Phi) is 6.71. The molecule has 8 heteroatoms. The molecule has 1 fully saturated rings. The van der Waals surface area contributed by atoms with Gasteiger partial charge < -0.3 is 5.32 Å². The van der Waals surface area contributed by atoms with E-state index in [2.05, 4.69) is 22.5 Å². The topological polar surface area (TPSA) is 81.1 Å². The van der Waals surface area contributed by atoms with Crippen molar-refractivity contribution >= 4 is 27.5 Å². The molecule has 2 heterocycles. The fourth-order valence-electron chi connectivity index (χ4n) is 3.95. The standard InChI is InChI=1S/C24H27N3O3S2/c1-17-22(18(2)27(26-17)15-19-8-4-3-5-9-19)14-25-24(28)21-10-6-7-11-23(21)31-20-12-13-32(29,30)16-20/h3-11,20H,12-16H2,1-2H3,(H,25,28)/t20-/m1/s1. The number of aryl methyl sites for hydroxylation is 1. The predicted octanol–water partition coefficient (Wildman–Crippen LogP) is 3.76. The monoisotopic (exact) mass is 469 g/mol. The van der Waals surface area contributed by atoms with Crippen LogP contribution in [0.2, 0.25) is 0 Å². The second-order valence-electron chi connectivity index (χ2n) is 8.11. The average Bonchev–Trinajstić information content (AvgIpc) is 3.24. The van der Waals surface area contributed by atoms with E-state index >= 15 is 0 Å². The zero-order valence-electron chi connectivity index (χ0n) is 18.2. The summed E-state index contributed by atoms with van der Waals surface area (Å²) in [4.78, 5) is 13.8. The van der Waals surface area contributed by atoms with Gasteiger partial charge in [-0.1, -0.05) is 42.5 Å². The normalized spacial score (nSPS) is 17.4. The first-order chi connectivity index (χ1) is 15.3. The first-order valence-corrected chi connectivity index (χ1v) is 13.3. The molecule has 1 atom stereocenters. The Hall–Kier alpha value is -2.58. The molecule has 0 spiro atoms. The summed E-state index contributed by atoms with van der Waals surface area (Å²) in [5.74, 6) is 0.237. The SMILES string of the molecule is Cc1nn(Cc2ccccc2)c(C)c1CNC(=O)c1ccccc1S[C@@H]1CCS(=O)(=O)C1. The summed E-state index contributed by atoms with van der Waals surface area (Å²) in [5, 5.41) is 7.69. The average molecular weight is 470 g/mol. The third kappa shape index (κ3) is 5.24. The Morgan fingerprint density at radius 1 is 1.12 bits per heavy atom. The van der Waals surface area contributed by atoms with Crippen LogP contribution in [0.3, 0.4) is 0 Å². The molecule has 2 aromatic carbocycles. The third-order valence-electron chi connectivity index (χ3n) is 5.75. The molecule has 0 radical (unpaired) electrons. The molecule has 1 N–H and O–H groups in total. The van der Waals surface area contributed by atoms with Crippen LogP contribution in [0.25, 0.3) is 0 Å². The van der Waals surface area contributed by atoms with E-state index in [1.165, 1.54) is 17.3 Å². The Balaban J connectivity index is 1.44. The maximum Gasteiger partial charge on any atom is 0.252 e. The summed E-state index contributed by atoms with van der Waals surface area (Å²) in [7, 11) is -2.96. The van der Waals surface area contributed by atoms with E-state index in [0.717, 1.165) is 21.8 Å². The lowest BCUT2D eigenvalue weighted by Gasteiger charge is -2.13. The summed E-state index contributed by atoms with van der Waals surface area (Å²) in [6, 6.07) is 17.6. The number of nitrogens with one attached hydrogen (secondary N) is 1. The van der Waals surface area contributed by atoms with Crippen molar-refractivity contribution in [2.45, 2.75) is 43.5 Å². The Morgan fingerprint density at radius 3 is 2.56 bits per heavy atom. The first kappa shape index (κ1) is 22.6. The van der Waals surface area contributed by atoms with Crippen LogP contribution in [0.1, 0.15) is 39.3 Å². The molecule has 0 unspecified atom stereocenters. The summed E-state index contributed by atoms with van der Waals surface area (Å²) in [6.07, 6.45) is 0.627. The van der Waals surface area contributed by atoms with Gasteiger partial charge in [0.1, 0.15) is 0 Å². The van der Waals surface area contributed by atoms with Gasteiger partial charge in [-0.15, -0.1) is 11.8 Å². The van der Waals surface area contributed by atoms with Crippen LogP contribution in [0.4, 0.5) is 0 Å². The summed E-state index contributed by atoms with van der Waals surface area (Å²) >= 11 is 1.49. The zero-order valence-corrected chi connectivity index (χ0v) is 19.9. The minimum atomic E-state index is -2.96. The van der Waals surface area contributed by atoms with Gasteiger partial charge in [0.05, 0.1) is 29.3 Å². The van der Waals surface area contributed by atoms with Crippen LogP contribution in [0, 0.1) is 13.8 Å². The number of rotatable bonds is 7. The Labute approximate surface area is 193 Å². The summed E-state index contributed by atoms with van der Waals surface area (Å²) in [6.45, 7) is 5.06. The van der Waals surface area contributed by atoms with Gasteiger partial charge >= 0.3 is 0 Å². The molecular formula is C24H27N3O3S2. The number of sulfone groups is 1. The number of benzene rings is 2. The molecule has 1 amide bonds. The maximum atomic E-state index is 13.0. The van der Waals surface area contributed by atoms with E-state index in [0.29, 0.717) is 25.1 Å². The lowest BCUT2D eigenvalue weighted by Crippen LogP contribution is -2.24. The van der Waals surface area contributed by atoms with Crippen LogP contribution < -0.4 is 5.32 Å². The minimum Gasteiger partial charge on any atom is -0.348 e. The number of carbonyl (C=O) groups excluding carboxylic acids is 1. The molecule has 0 bridgehead atoms. The number of hydrogen-bond acceptors (Lipinski definition) is 5. The van der Waals surface area contributed by atoms with Gasteiger partial charge in [0, 0.05) is 27.9 Å². The second-order valence-corrected chi connectivity index (χ2v) is 11.7. The van der Waals surface area contributed by atoms with Crippen molar-refractivity contribution in [3.8, 4) is 0 Å². The summed E-state index contributed by atoms with van der Waals surface area (Å²) < 4.78 is 25.5. The van der Waals surface area contributed by atoms with Gasteiger partial charge in [-0.25, -0.2) is 8.42 Å². The van der Waals surface area contributed by atoms with Crippen LogP contribution >= 0.6 is 11.8 Å². The van der Waals surface area contributed by atoms with E-state index in [9.17, 15) is 13.2 Å². The molecule has 0 aliphatic carbocycles. The largest absolute Gasteiger partial charge is 0.348 e. The highest BCUT2D eigenvalue weighted by molar-refractivity contribution is 8.02. The smallest absolute Gasteiger partial charge is 0.252 e. The number of aromatic nitrogens is 2. The lowest BCUT2D eigenvalue weighted by atomic mass is 10.1. The Morgan fingerprint density at radius 2 is 1.84 bits per heavy atom. The van der Waals surface area contributed by atoms with E-state index < -0.39 is 9.84 Å². The number of carbonyl (C=O) groups is 1. The van der Waals surface area contributed by atoms with Crippen LogP contribution in [0.5, 0.6) is 0 Å². The highest BCUT2D eigenvalue weighted by atomic mass is 32.2. The van der Waals surface area contributed by atoms with Crippen LogP contribution in [-0.2, 0) is 22.9 Å². The van der Waals surface area contributed by atoms with Gasteiger partial charge in [-0.3, -0.25) is 9.48 Å². The van der Waals surface area contributed by atoms with E-state index in [4.69, 9.17) is 0 Å². The van der Waals surface area contributed by atoms with Gasteiger partial charge in [-0.05, 0) is 38.0 Å². The zero-order chi connectivity index (χ0) is 22.7. The summed E-state index contributed by atoms with van der Waals surface area (Å²) in [5.41, 5.74) is 4.70. The highest BCUT2D eigenvalue weighted by Gasteiger charge is 2.29. The van der Waals surface area contributed by atoms with Crippen molar-refractivity contribution in [3.63, 3.8) is 0 Å². The van der Waals surface area contributed by atoms with E-state index in [-0.39, 0.29) is 22.7 Å². The second kappa shape index (κ2) is 9.50. The highest BCUT2D eigenvalue weighted by Crippen LogP contribution is 2.33. The van der Waals surface area contributed by atoms with Crippen molar-refractivity contribution in [2.75, 3.05) is 11.5 Å². The first-order valence-electron chi connectivity index (χ1n) is 10.6. The van der Waals surface area contributed by atoms with Crippen molar-refractivity contribution in [3.05, 3.63) is 82.7 Å². The molecule has 32 heavy (non-hydrogen) atoms. The molecule has 1 aromatic heterocycles. The predicted molar refractivity (Wildman–Crippen MR) is 128 cm³/mol. The molecule has 6 nitrogen and oxygen atoms in total.